The molecule has 1 N–H and O–H groups in total. The van der Waals surface area contributed by atoms with Crippen LogP contribution in [0.3, 0.4) is 0 Å². The van der Waals surface area contributed by atoms with Crippen molar-refractivity contribution in [3.05, 3.63) is 34.7 Å². The number of hydrogen-bond acceptors (Lipinski definition) is 4. The van der Waals surface area contributed by atoms with Gasteiger partial charge in [-0.05, 0) is 30.4 Å². The van der Waals surface area contributed by atoms with E-state index in [1.54, 1.807) is 0 Å². The summed E-state index contributed by atoms with van der Waals surface area (Å²) in [7, 11) is 0. The van der Waals surface area contributed by atoms with E-state index in [9.17, 15) is 4.79 Å². The van der Waals surface area contributed by atoms with Gasteiger partial charge in [-0.1, -0.05) is 63.0 Å². The highest BCUT2D eigenvalue weighted by molar-refractivity contribution is 6.31. The molecule has 0 bridgehead atoms. The molecule has 0 fully saturated rings. The second-order valence-electron chi connectivity index (χ2n) is 6.95. The average molecular weight is 364 g/mol. The third-order valence-corrected chi connectivity index (χ3v) is 4.67. The summed E-state index contributed by atoms with van der Waals surface area (Å²) in [6, 6.07) is 5.36. The molecule has 136 valence electrons. The number of benzene rings is 1. The first-order valence-electron chi connectivity index (χ1n) is 8.71. The van der Waals surface area contributed by atoms with E-state index in [4.69, 9.17) is 16.1 Å². The summed E-state index contributed by atoms with van der Waals surface area (Å²) in [5.41, 5.74) is 1.79. The van der Waals surface area contributed by atoms with Gasteiger partial charge in [0.2, 0.25) is 17.6 Å². The first-order valence-corrected chi connectivity index (χ1v) is 9.09. The van der Waals surface area contributed by atoms with Crippen LogP contribution in [0.1, 0.15) is 58.0 Å². The third-order valence-electron chi connectivity index (χ3n) is 4.26. The Morgan fingerprint density at radius 2 is 2.04 bits per heavy atom. The van der Waals surface area contributed by atoms with Crippen molar-refractivity contribution in [2.45, 2.75) is 53.5 Å². The minimum atomic E-state index is -0.293. The first-order chi connectivity index (χ1) is 11.8. The largest absolute Gasteiger partial charge is 0.344 e. The number of rotatable bonds is 7. The van der Waals surface area contributed by atoms with E-state index in [0.717, 1.165) is 17.5 Å². The van der Waals surface area contributed by atoms with Crippen molar-refractivity contribution < 1.29 is 9.32 Å². The van der Waals surface area contributed by atoms with Gasteiger partial charge in [0, 0.05) is 17.0 Å². The minimum absolute atomic E-state index is 0.00145. The molecule has 0 aliphatic carbocycles. The zero-order valence-electron chi connectivity index (χ0n) is 15.5. The standard InChI is InChI=1S/C19H26ClN3O2/c1-6-12(4)17(21-16(24)9-11(2)3)19-22-18(23-25-19)14-8-7-13(5)15(20)10-14/h7-8,10-12,17H,6,9H2,1-5H3,(H,21,24)/t12-,17-/m1/s1. The number of aryl methyl sites for hydroxylation is 1. The van der Waals surface area contributed by atoms with E-state index in [1.807, 2.05) is 39.0 Å². The van der Waals surface area contributed by atoms with Gasteiger partial charge in [-0.2, -0.15) is 4.98 Å². The van der Waals surface area contributed by atoms with Gasteiger partial charge in [0.05, 0.1) is 0 Å². The predicted octanol–water partition coefficient (Wildman–Crippen LogP) is 4.95. The molecule has 0 unspecified atom stereocenters. The maximum atomic E-state index is 12.2. The Labute approximate surface area is 154 Å². The van der Waals surface area contributed by atoms with Gasteiger partial charge < -0.3 is 9.84 Å². The number of amides is 1. The van der Waals surface area contributed by atoms with Crippen molar-refractivity contribution in [1.82, 2.24) is 15.5 Å². The number of nitrogens with one attached hydrogen (secondary N) is 1. The molecule has 0 spiro atoms. The molecular weight excluding hydrogens is 338 g/mol. The van der Waals surface area contributed by atoms with Gasteiger partial charge in [-0.3, -0.25) is 4.79 Å². The molecule has 25 heavy (non-hydrogen) atoms. The van der Waals surface area contributed by atoms with Crippen molar-refractivity contribution in [2.75, 3.05) is 0 Å². The van der Waals surface area contributed by atoms with Crippen LogP contribution in [0.4, 0.5) is 0 Å². The molecule has 1 amide bonds. The van der Waals surface area contributed by atoms with Crippen LogP contribution in [-0.4, -0.2) is 16.0 Å². The Bertz CT molecular complexity index is 727. The zero-order chi connectivity index (χ0) is 18.6. The summed E-state index contributed by atoms with van der Waals surface area (Å²) < 4.78 is 5.46. The first kappa shape index (κ1) is 19.4. The lowest BCUT2D eigenvalue weighted by Gasteiger charge is -2.21. The number of halogens is 1. The van der Waals surface area contributed by atoms with Crippen LogP contribution in [0, 0.1) is 18.8 Å². The van der Waals surface area contributed by atoms with Crippen LogP contribution in [0.15, 0.2) is 22.7 Å². The van der Waals surface area contributed by atoms with E-state index in [2.05, 4.69) is 29.3 Å². The van der Waals surface area contributed by atoms with E-state index in [1.165, 1.54) is 0 Å². The Balaban J connectivity index is 2.25. The Kier molecular flexibility index (Phi) is 6.59. The smallest absolute Gasteiger partial charge is 0.249 e. The van der Waals surface area contributed by atoms with Crippen molar-refractivity contribution >= 4 is 17.5 Å². The number of carbonyl (C=O) groups excluding carboxylic acids is 1. The molecule has 2 aromatic rings. The zero-order valence-corrected chi connectivity index (χ0v) is 16.2. The van der Waals surface area contributed by atoms with Crippen LogP contribution in [0.2, 0.25) is 5.02 Å². The van der Waals surface area contributed by atoms with Crippen LogP contribution < -0.4 is 5.32 Å². The van der Waals surface area contributed by atoms with Crippen molar-refractivity contribution in [2.24, 2.45) is 11.8 Å². The third kappa shape index (κ3) is 5.05. The molecule has 2 rings (SSSR count). The maximum Gasteiger partial charge on any atom is 0.249 e. The van der Waals surface area contributed by atoms with E-state index in [0.29, 0.717) is 29.1 Å². The van der Waals surface area contributed by atoms with Crippen molar-refractivity contribution in [3.8, 4) is 11.4 Å². The van der Waals surface area contributed by atoms with Gasteiger partial charge in [0.25, 0.3) is 0 Å². The van der Waals surface area contributed by atoms with Crippen LogP contribution in [-0.2, 0) is 4.79 Å². The normalized spacial score (nSPS) is 13.7. The molecular formula is C19H26ClN3O2. The quantitative estimate of drug-likeness (QED) is 0.755. The minimum Gasteiger partial charge on any atom is -0.344 e. The second kappa shape index (κ2) is 8.48. The molecule has 0 saturated heterocycles. The van der Waals surface area contributed by atoms with Gasteiger partial charge in [0.15, 0.2) is 0 Å². The summed E-state index contributed by atoms with van der Waals surface area (Å²) >= 11 is 6.18. The molecule has 5 nitrogen and oxygen atoms in total. The maximum absolute atomic E-state index is 12.2. The lowest BCUT2D eigenvalue weighted by Crippen LogP contribution is -2.33. The highest BCUT2D eigenvalue weighted by Crippen LogP contribution is 2.27. The number of aromatic nitrogens is 2. The molecule has 2 atom stereocenters. The molecule has 0 saturated carbocycles. The van der Waals surface area contributed by atoms with Gasteiger partial charge in [0.1, 0.15) is 6.04 Å². The monoisotopic (exact) mass is 363 g/mol. The fraction of sp³-hybridized carbons (Fsp3) is 0.526. The summed E-state index contributed by atoms with van der Waals surface area (Å²) in [4.78, 5) is 16.7. The number of hydrogen-bond donors (Lipinski definition) is 1. The lowest BCUT2D eigenvalue weighted by atomic mass is 9.98. The van der Waals surface area contributed by atoms with Gasteiger partial charge in [-0.15, -0.1) is 0 Å². The topological polar surface area (TPSA) is 68.0 Å². The van der Waals surface area contributed by atoms with E-state index < -0.39 is 0 Å². The summed E-state index contributed by atoms with van der Waals surface area (Å²) in [5.74, 6) is 1.39. The summed E-state index contributed by atoms with van der Waals surface area (Å²) in [5, 5.41) is 7.77. The number of nitrogens with zero attached hydrogens (tertiary/aromatic N) is 2. The lowest BCUT2D eigenvalue weighted by molar-refractivity contribution is -0.123. The summed E-state index contributed by atoms with van der Waals surface area (Å²) in [6.07, 6.45) is 1.36. The molecule has 1 heterocycles. The fourth-order valence-electron chi connectivity index (χ4n) is 2.50. The number of carbonyl (C=O) groups is 1. The van der Waals surface area contributed by atoms with Gasteiger partial charge >= 0.3 is 0 Å². The van der Waals surface area contributed by atoms with Crippen molar-refractivity contribution in [3.63, 3.8) is 0 Å². The Morgan fingerprint density at radius 1 is 1.32 bits per heavy atom. The molecule has 1 aromatic heterocycles. The van der Waals surface area contributed by atoms with Gasteiger partial charge in [-0.25, -0.2) is 0 Å². The van der Waals surface area contributed by atoms with E-state index in [-0.39, 0.29) is 17.9 Å². The Hall–Kier alpha value is -1.88. The second-order valence-corrected chi connectivity index (χ2v) is 7.36. The van der Waals surface area contributed by atoms with Crippen LogP contribution in [0.25, 0.3) is 11.4 Å². The molecule has 0 aliphatic rings. The molecule has 0 radical (unpaired) electrons. The van der Waals surface area contributed by atoms with Crippen LogP contribution in [0.5, 0.6) is 0 Å². The van der Waals surface area contributed by atoms with Crippen molar-refractivity contribution in [1.29, 1.82) is 0 Å². The SMILES string of the molecule is CC[C@@H](C)[C@@H](NC(=O)CC(C)C)c1nc(-c2ccc(C)c(Cl)c2)no1. The predicted molar refractivity (Wildman–Crippen MR) is 99.3 cm³/mol. The highest BCUT2D eigenvalue weighted by atomic mass is 35.5. The molecule has 1 aromatic carbocycles. The fourth-order valence-corrected chi connectivity index (χ4v) is 2.68. The van der Waals surface area contributed by atoms with E-state index >= 15 is 0 Å². The molecule has 6 heteroatoms. The molecule has 0 aliphatic heterocycles. The Morgan fingerprint density at radius 3 is 2.64 bits per heavy atom. The van der Waals surface area contributed by atoms with Crippen LogP contribution >= 0.6 is 11.6 Å². The average Bonchev–Trinajstić information content (AvgIpc) is 3.03. The highest BCUT2D eigenvalue weighted by Gasteiger charge is 2.26. The summed E-state index contributed by atoms with van der Waals surface area (Å²) in [6.45, 7) is 10.1.